The van der Waals surface area contributed by atoms with Crippen molar-refractivity contribution in [2.45, 2.75) is 44.6 Å². The second-order valence-corrected chi connectivity index (χ2v) is 8.22. The number of halogens is 1. The lowest BCUT2D eigenvalue weighted by Gasteiger charge is -2.37. The van der Waals surface area contributed by atoms with Gasteiger partial charge in [0.15, 0.2) is 0 Å². The van der Waals surface area contributed by atoms with Gasteiger partial charge in [0.25, 0.3) is 0 Å². The Morgan fingerprint density at radius 1 is 0.893 bits per heavy atom. The van der Waals surface area contributed by atoms with Gasteiger partial charge in [0, 0.05) is 56.9 Å². The topological polar surface area (TPSA) is 50.6 Å². The summed E-state index contributed by atoms with van der Waals surface area (Å²) in [5, 5.41) is 8.93. The first-order valence-electron chi connectivity index (χ1n) is 10.5. The smallest absolute Gasteiger partial charge is 0.225 e. The summed E-state index contributed by atoms with van der Waals surface area (Å²) in [7, 11) is 0. The normalized spacial score (nSPS) is 22.0. The first-order valence-corrected chi connectivity index (χ1v) is 10.5. The zero-order valence-electron chi connectivity index (χ0n) is 16.6. The first kappa shape index (κ1) is 21.0. The number of benzene rings is 1. The van der Waals surface area contributed by atoms with Crippen LogP contribution in [0.25, 0.3) is 0 Å². The first-order chi connectivity index (χ1) is 13.2. The molecule has 0 radical (unpaired) electrons. The van der Waals surface area contributed by atoms with Crippen molar-refractivity contribution in [1.82, 2.24) is 9.80 Å². The Morgan fingerprint density at radius 3 is 2.21 bits per heavy atom. The average Bonchev–Trinajstić information content (AvgIpc) is 2.92. The molecule has 3 fully saturated rings. The lowest BCUT2D eigenvalue weighted by Crippen LogP contribution is -2.45. The highest BCUT2D eigenvalue weighted by atomic mass is 35.5. The number of hydrogen-bond donors (Lipinski definition) is 0. The third kappa shape index (κ3) is 4.61. The van der Waals surface area contributed by atoms with Gasteiger partial charge in [-0.15, -0.1) is 12.4 Å². The van der Waals surface area contributed by atoms with Crippen LogP contribution in [0, 0.1) is 17.2 Å². The molecule has 0 unspecified atom stereocenters. The second-order valence-electron chi connectivity index (χ2n) is 8.22. The summed E-state index contributed by atoms with van der Waals surface area (Å²) in [5.41, 5.74) is 1.85. The molecule has 1 aromatic carbocycles. The van der Waals surface area contributed by atoms with E-state index in [-0.39, 0.29) is 18.3 Å². The highest BCUT2D eigenvalue weighted by Crippen LogP contribution is 2.27. The summed E-state index contributed by atoms with van der Waals surface area (Å²) < 4.78 is 0. The number of carbonyl (C=O) groups excluding carboxylic acids is 1. The van der Waals surface area contributed by atoms with E-state index in [1.807, 2.05) is 24.3 Å². The molecule has 28 heavy (non-hydrogen) atoms. The number of nitriles is 1. The van der Waals surface area contributed by atoms with Crippen molar-refractivity contribution in [3.05, 3.63) is 29.8 Å². The molecule has 2 heterocycles. The minimum Gasteiger partial charge on any atom is -0.371 e. The SMILES string of the molecule is Cl.N#Cc1ccc(N2CCC(C(=O)N3CCCN(C4CCC4)CC3)CC2)cc1. The van der Waals surface area contributed by atoms with Gasteiger partial charge in [-0.05, 0) is 56.4 Å². The van der Waals surface area contributed by atoms with E-state index < -0.39 is 0 Å². The molecule has 2 saturated heterocycles. The van der Waals surface area contributed by atoms with Crippen LogP contribution >= 0.6 is 12.4 Å². The molecule has 2 aliphatic heterocycles. The maximum atomic E-state index is 13.0. The van der Waals surface area contributed by atoms with E-state index in [1.54, 1.807) is 0 Å². The maximum absolute atomic E-state index is 13.0. The summed E-state index contributed by atoms with van der Waals surface area (Å²) in [6.07, 6.45) is 7.06. The Balaban J connectivity index is 0.00000225. The molecule has 0 aromatic heterocycles. The van der Waals surface area contributed by atoms with Crippen LogP contribution in [-0.4, -0.2) is 61.0 Å². The highest BCUT2D eigenvalue weighted by molar-refractivity contribution is 5.85. The summed E-state index contributed by atoms with van der Waals surface area (Å²) in [4.78, 5) is 20.1. The van der Waals surface area contributed by atoms with Gasteiger partial charge in [0.2, 0.25) is 5.91 Å². The van der Waals surface area contributed by atoms with E-state index in [4.69, 9.17) is 5.26 Å². The van der Waals surface area contributed by atoms with E-state index in [2.05, 4.69) is 20.8 Å². The molecular weight excluding hydrogens is 372 g/mol. The minimum atomic E-state index is 0. The van der Waals surface area contributed by atoms with Gasteiger partial charge in [-0.25, -0.2) is 0 Å². The number of piperidine rings is 1. The van der Waals surface area contributed by atoms with Crippen LogP contribution < -0.4 is 4.90 Å². The molecule has 0 bridgehead atoms. The largest absolute Gasteiger partial charge is 0.371 e. The monoisotopic (exact) mass is 402 g/mol. The fourth-order valence-corrected chi connectivity index (χ4v) is 4.66. The molecule has 3 aliphatic rings. The third-order valence-electron chi connectivity index (χ3n) is 6.64. The summed E-state index contributed by atoms with van der Waals surface area (Å²) >= 11 is 0. The van der Waals surface area contributed by atoms with Crippen LogP contribution in [0.1, 0.15) is 44.1 Å². The van der Waals surface area contributed by atoms with Gasteiger partial charge < -0.3 is 9.80 Å². The van der Waals surface area contributed by atoms with Crippen molar-refractivity contribution in [3.8, 4) is 6.07 Å². The van der Waals surface area contributed by atoms with Gasteiger partial charge in [-0.3, -0.25) is 9.69 Å². The van der Waals surface area contributed by atoms with Gasteiger partial charge >= 0.3 is 0 Å². The zero-order valence-corrected chi connectivity index (χ0v) is 17.4. The van der Waals surface area contributed by atoms with E-state index in [0.717, 1.165) is 70.3 Å². The fraction of sp³-hybridized carbons (Fsp3) is 0.636. The average molecular weight is 403 g/mol. The lowest BCUT2D eigenvalue weighted by molar-refractivity contribution is -0.136. The maximum Gasteiger partial charge on any atom is 0.225 e. The predicted molar refractivity (Wildman–Crippen MR) is 114 cm³/mol. The van der Waals surface area contributed by atoms with Crippen molar-refractivity contribution in [2.24, 2.45) is 5.92 Å². The molecule has 1 aliphatic carbocycles. The number of nitrogens with zero attached hydrogens (tertiary/aromatic N) is 4. The van der Waals surface area contributed by atoms with Crippen molar-refractivity contribution < 1.29 is 4.79 Å². The van der Waals surface area contributed by atoms with E-state index >= 15 is 0 Å². The molecule has 0 N–H and O–H groups in total. The highest BCUT2D eigenvalue weighted by Gasteiger charge is 2.31. The van der Waals surface area contributed by atoms with E-state index in [9.17, 15) is 4.79 Å². The van der Waals surface area contributed by atoms with Crippen LogP contribution in [0.15, 0.2) is 24.3 Å². The van der Waals surface area contributed by atoms with Crippen LogP contribution in [0.4, 0.5) is 5.69 Å². The van der Waals surface area contributed by atoms with Gasteiger partial charge in [0.1, 0.15) is 0 Å². The molecule has 1 aromatic rings. The molecule has 0 atom stereocenters. The van der Waals surface area contributed by atoms with Crippen molar-refractivity contribution >= 4 is 24.0 Å². The Kier molecular flexibility index (Phi) is 7.20. The number of amides is 1. The van der Waals surface area contributed by atoms with Gasteiger partial charge in [-0.1, -0.05) is 6.42 Å². The standard InChI is InChI=1S/C22H30N4O.ClH/c23-17-18-5-7-21(8-6-18)25-13-9-19(10-14-25)22(27)26-12-2-11-24(15-16-26)20-3-1-4-20;/h5-8,19-20H,1-4,9-16H2;1H. The summed E-state index contributed by atoms with van der Waals surface area (Å²) in [6, 6.07) is 10.7. The molecule has 6 heteroatoms. The Hall–Kier alpha value is -1.77. The quantitative estimate of drug-likeness (QED) is 0.778. The molecule has 1 amide bonds. The minimum absolute atomic E-state index is 0. The molecule has 5 nitrogen and oxygen atoms in total. The van der Waals surface area contributed by atoms with Gasteiger partial charge in [-0.2, -0.15) is 5.26 Å². The van der Waals surface area contributed by atoms with E-state index in [1.165, 1.54) is 19.3 Å². The third-order valence-corrected chi connectivity index (χ3v) is 6.64. The Morgan fingerprint density at radius 2 is 1.61 bits per heavy atom. The number of carbonyl (C=O) groups is 1. The summed E-state index contributed by atoms with van der Waals surface area (Å²) in [6.45, 7) is 5.89. The van der Waals surface area contributed by atoms with Crippen LogP contribution in [0.2, 0.25) is 0 Å². The molecule has 152 valence electrons. The Bertz CT molecular complexity index is 689. The summed E-state index contributed by atoms with van der Waals surface area (Å²) in [5.74, 6) is 0.555. The lowest BCUT2D eigenvalue weighted by atomic mass is 9.91. The molecule has 1 saturated carbocycles. The second kappa shape index (κ2) is 9.62. The van der Waals surface area contributed by atoms with Crippen LogP contribution in [-0.2, 0) is 4.79 Å². The number of rotatable bonds is 3. The zero-order chi connectivity index (χ0) is 18.6. The Labute approximate surface area is 174 Å². The van der Waals surface area contributed by atoms with Crippen LogP contribution in [0.3, 0.4) is 0 Å². The number of anilines is 1. The fourth-order valence-electron chi connectivity index (χ4n) is 4.66. The van der Waals surface area contributed by atoms with Gasteiger partial charge in [0.05, 0.1) is 11.6 Å². The van der Waals surface area contributed by atoms with E-state index in [0.29, 0.717) is 11.5 Å². The van der Waals surface area contributed by atoms with Crippen molar-refractivity contribution in [2.75, 3.05) is 44.2 Å². The molecule has 4 rings (SSSR count). The number of hydrogen-bond acceptors (Lipinski definition) is 4. The van der Waals surface area contributed by atoms with Crippen molar-refractivity contribution in [1.29, 1.82) is 5.26 Å². The van der Waals surface area contributed by atoms with Crippen LogP contribution in [0.5, 0.6) is 0 Å². The molecule has 0 spiro atoms. The predicted octanol–water partition coefficient (Wildman–Crippen LogP) is 3.28. The van der Waals surface area contributed by atoms with Crippen molar-refractivity contribution in [3.63, 3.8) is 0 Å². The molecular formula is C22H31ClN4O.